The molecular weight excluding hydrogens is 488 g/mol. The molecule has 2 aromatic carbocycles. The molecule has 0 spiro atoms. The zero-order valence-electron chi connectivity index (χ0n) is 17.1. The van der Waals surface area contributed by atoms with Crippen LogP contribution in [-0.2, 0) is 5.75 Å². The molecule has 3 aromatic heterocycles. The number of hydrogen-bond acceptors (Lipinski definition) is 4. The van der Waals surface area contributed by atoms with Crippen LogP contribution in [0.4, 0.5) is 0 Å². The molecule has 0 saturated carbocycles. The summed E-state index contributed by atoms with van der Waals surface area (Å²) in [5.74, 6) is 0.867. The molecule has 0 amide bonds. The van der Waals surface area contributed by atoms with Gasteiger partial charge in [-0.05, 0) is 55.3 Å². The number of hydrogen-bond donors (Lipinski definition) is 0. The topological polar surface area (TPSA) is 34.4 Å². The lowest BCUT2D eigenvalue weighted by Crippen LogP contribution is -1.98. The van der Waals surface area contributed by atoms with E-state index in [4.69, 9.17) is 4.98 Å². The van der Waals surface area contributed by atoms with Crippen molar-refractivity contribution in [2.75, 3.05) is 0 Å². The summed E-state index contributed by atoms with van der Waals surface area (Å²) < 4.78 is 4.20. The van der Waals surface area contributed by atoms with Crippen LogP contribution < -0.4 is 0 Å². The molecule has 0 N–H and O–H groups in total. The number of aromatic nitrogens is 2. The Morgan fingerprint density at radius 3 is 2.55 bits per heavy atom. The van der Waals surface area contributed by atoms with E-state index in [0.717, 1.165) is 36.7 Å². The van der Waals surface area contributed by atoms with Gasteiger partial charge in [-0.3, -0.25) is 9.20 Å². The van der Waals surface area contributed by atoms with Crippen molar-refractivity contribution in [2.45, 2.75) is 23.8 Å². The highest BCUT2D eigenvalue weighted by molar-refractivity contribution is 9.10. The second kappa shape index (κ2) is 8.26. The van der Waals surface area contributed by atoms with Gasteiger partial charge in [-0.15, -0.1) is 23.1 Å². The van der Waals surface area contributed by atoms with Gasteiger partial charge in [0.15, 0.2) is 0 Å². The van der Waals surface area contributed by atoms with Gasteiger partial charge in [0.05, 0.1) is 9.73 Å². The van der Waals surface area contributed by atoms with Crippen molar-refractivity contribution >= 4 is 61.5 Å². The first kappa shape index (κ1) is 20.5. The van der Waals surface area contributed by atoms with E-state index in [2.05, 4.69) is 64.5 Å². The lowest BCUT2D eigenvalue weighted by Gasteiger charge is -2.03. The number of thiophene rings is 1. The van der Waals surface area contributed by atoms with Crippen LogP contribution in [0.2, 0.25) is 0 Å². The van der Waals surface area contributed by atoms with Crippen LogP contribution >= 0.6 is 39.0 Å². The SMILES string of the molecule is Cc1ccc(CSc2sc(C(=O)c3ccc(Br)cc3)c3nc4c(C)cccn4c23)cc1. The fourth-order valence-corrected chi connectivity index (χ4v) is 6.24. The van der Waals surface area contributed by atoms with Crippen LogP contribution in [0.3, 0.4) is 0 Å². The number of thioether (sulfide) groups is 1. The summed E-state index contributed by atoms with van der Waals surface area (Å²) in [5, 5.41) is 0. The molecule has 0 aliphatic carbocycles. The van der Waals surface area contributed by atoms with E-state index in [-0.39, 0.29) is 5.78 Å². The summed E-state index contributed by atoms with van der Waals surface area (Å²) in [7, 11) is 0. The standard InChI is InChI=1S/C25H19BrN2OS2/c1-15-5-7-17(8-6-15)14-30-25-21-20(27-24-16(2)4-3-13-28(21)24)23(31-25)22(29)18-9-11-19(26)12-10-18/h3-13H,14H2,1-2H3. The highest BCUT2D eigenvalue weighted by atomic mass is 79.9. The van der Waals surface area contributed by atoms with Crippen molar-refractivity contribution in [1.29, 1.82) is 0 Å². The number of pyridine rings is 1. The summed E-state index contributed by atoms with van der Waals surface area (Å²) in [6.07, 6.45) is 2.04. The second-order valence-electron chi connectivity index (χ2n) is 7.52. The van der Waals surface area contributed by atoms with E-state index in [1.54, 1.807) is 23.1 Å². The van der Waals surface area contributed by atoms with Crippen molar-refractivity contribution in [3.05, 3.63) is 98.5 Å². The largest absolute Gasteiger partial charge is 0.298 e. The molecule has 3 heterocycles. The lowest BCUT2D eigenvalue weighted by atomic mass is 10.1. The molecule has 0 unspecified atom stereocenters. The van der Waals surface area contributed by atoms with E-state index in [9.17, 15) is 4.79 Å². The Hall–Kier alpha value is -2.41. The second-order valence-corrected chi connectivity index (χ2v) is 10.7. The number of carbonyl (C=O) groups excluding carboxylic acids is 1. The van der Waals surface area contributed by atoms with Gasteiger partial charge in [-0.2, -0.15) is 0 Å². The van der Waals surface area contributed by atoms with Gasteiger partial charge in [-0.25, -0.2) is 4.98 Å². The van der Waals surface area contributed by atoms with Crippen molar-refractivity contribution < 1.29 is 4.79 Å². The van der Waals surface area contributed by atoms with Crippen LogP contribution in [0.5, 0.6) is 0 Å². The molecule has 5 aromatic rings. The number of benzene rings is 2. The van der Waals surface area contributed by atoms with Crippen LogP contribution in [0.15, 0.2) is 75.5 Å². The number of halogens is 1. The number of carbonyl (C=O) groups is 1. The first-order chi connectivity index (χ1) is 15.0. The molecule has 0 aliphatic heterocycles. The normalized spacial score (nSPS) is 11.5. The summed E-state index contributed by atoms with van der Waals surface area (Å²) >= 11 is 6.76. The highest BCUT2D eigenvalue weighted by Gasteiger charge is 2.24. The average molecular weight is 507 g/mol. The van der Waals surface area contributed by atoms with Gasteiger partial charge in [0.25, 0.3) is 0 Å². The number of aryl methyl sites for hydroxylation is 2. The van der Waals surface area contributed by atoms with Gasteiger partial charge in [-0.1, -0.05) is 51.8 Å². The van der Waals surface area contributed by atoms with Gasteiger partial charge in [0.1, 0.15) is 16.0 Å². The Labute approximate surface area is 197 Å². The molecule has 3 nitrogen and oxygen atoms in total. The Bertz CT molecular complexity index is 1420. The summed E-state index contributed by atoms with van der Waals surface area (Å²) in [6.45, 7) is 4.15. The third-order valence-corrected chi connectivity index (χ3v) is 8.28. The highest BCUT2D eigenvalue weighted by Crippen LogP contribution is 2.41. The first-order valence-electron chi connectivity index (χ1n) is 9.90. The maximum Gasteiger partial charge on any atom is 0.205 e. The molecule has 0 bridgehead atoms. The van der Waals surface area contributed by atoms with E-state index < -0.39 is 0 Å². The monoisotopic (exact) mass is 506 g/mol. The Balaban J connectivity index is 1.62. The van der Waals surface area contributed by atoms with E-state index in [1.165, 1.54) is 11.1 Å². The molecule has 0 atom stereocenters. The van der Waals surface area contributed by atoms with Crippen molar-refractivity contribution in [1.82, 2.24) is 9.38 Å². The predicted octanol–water partition coefficient (Wildman–Crippen LogP) is 7.45. The van der Waals surface area contributed by atoms with Crippen LogP contribution in [-0.4, -0.2) is 15.2 Å². The molecule has 0 radical (unpaired) electrons. The Kier molecular flexibility index (Phi) is 5.46. The molecule has 31 heavy (non-hydrogen) atoms. The minimum Gasteiger partial charge on any atom is -0.298 e. The molecule has 0 saturated heterocycles. The molecule has 0 aliphatic rings. The maximum atomic E-state index is 13.4. The molecule has 5 rings (SSSR count). The minimum atomic E-state index is 0.0192. The number of imidazole rings is 1. The van der Waals surface area contributed by atoms with E-state index >= 15 is 0 Å². The number of fused-ring (bicyclic) bond motifs is 3. The fourth-order valence-electron chi connectivity index (χ4n) is 3.56. The van der Waals surface area contributed by atoms with E-state index in [1.807, 2.05) is 36.5 Å². The zero-order chi connectivity index (χ0) is 21.5. The van der Waals surface area contributed by atoms with Crippen molar-refractivity contribution in [2.24, 2.45) is 0 Å². The fraction of sp³-hybridized carbons (Fsp3) is 0.120. The van der Waals surface area contributed by atoms with Crippen molar-refractivity contribution in [3.8, 4) is 0 Å². The van der Waals surface area contributed by atoms with Gasteiger partial charge in [0, 0.05) is 22.0 Å². The molecule has 0 fully saturated rings. The van der Waals surface area contributed by atoms with Crippen molar-refractivity contribution in [3.63, 3.8) is 0 Å². The first-order valence-corrected chi connectivity index (χ1v) is 12.5. The summed E-state index contributed by atoms with van der Waals surface area (Å²) in [6, 6.07) is 20.2. The summed E-state index contributed by atoms with van der Waals surface area (Å²) in [4.78, 5) is 19.0. The smallest absolute Gasteiger partial charge is 0.205 e. The van der Waals surface area contributed by atoms with Crippen LogP contribution in [0, 0.1) is 13.8 Å². The number of ketones is 1. The van der Waals surface area contributed by atoms with Gasteiger partial charge < -0.3 is 0 Å². The van der Waals surface area contributed by atoms with E-state index in [0.29, 0.717) is 10.4 Å². The summed E-state index contributed by atoms with van der Waals surface area (Å²) in [5.41, 5.74) is 7.02. The Morgan fingerprint density at radius 2 is 1.81 bits per heavy atom. The van der Waals surface area contributed by atoms with Gasteiger partial charge >= 0.3 is 0 Å². The van der Waals surface area contributed by atoms with Crippen LogP contribution in [0.25, 0.3) is 16.7 Å². The lowest BCUT2D eigenvalue weighted by molar-refractivity contribution is 0.104. The maximum absolute atomic E-state index is 13.4. The number of rotatable bonds is 5. The number of nitrogens with zero attached hydrogens (tertiary/aromatic N) is 2. The minimum absolute atomic E-state index is 0.0192. The molecule has 154 valence electrons. The third kappa shape index (κ3) is 3.84. The average Bonchev–Trinajstić information content (AvgIpc) is 3.32. The third-order valence-electron chi connectivity index (χ3n) is 5.25. The van der Waals surface area contributed by atoms with Crippen LogP contribution in [0.1, 0.15) is 31.9 Å². The predicted molar refractivity (Wildman–Crippen MR) is 134 cm³/mol. The Morgan fingerprint density at radius 1 is 1.06 bits per heavy atom. The quantitative estimate of drug-likeness (QED) is 0.183. The zero-order valence-corrected chi connectivity index (χ0v) is 20.3. The molecule has 6 heteroatoms. The molecular formula is C25H19BrN2OS2. The van der Waals surface area contributed by atoms with Gasteiger partial charge in [0.2, 0.25) is 5.78 Å².